The minimum Gasteiger partial charge on any atom is -0.400 e. The standard InChI is InChI=1S/C5H11N.CH4O.ClH/c1-4-5-6(2)3;1-2;/h4H,1,5H2,2-3H3;2H,1H3;1H. The van der Waals surface area contributed by atoms with E-state index in [9.17, 15) is 0 Å². The monoisotopic (exact) mass is 153 g/mol. The van der Waals surface area contributed by atoms with E-state index >= 15 is 0 Å². The lowest BCUT2D eigenvalue weighted by Crippen LogP contribution is -2.09. The van der Waals surface area contributed by atoms with Crippen molar-refractivity contribution in [2.24, 2.45) is 0 Å². The fraction of sp³-hybridized carbons (Fsp3) is 0.667. The van der Waals surface area contributed by atoms with Crippen LogP contribution in [0.1, 0.15) is 0 Å². The van der Waals surface area contributed by atoms with E-state index in [4.69, 9.17) is 5.11 Å². The summed E-state index contributed by atoms with van der Waals surface area (Å²) in [6.07, 6.45) is 1.88. The molecule has 0 heterocycles. The van der Waals surface area contributed by atoms with Gasteiger partial charge in [0.15, 0.2) is 0 Å². The highest BCUT2D eigenvalue weighted by molar-refractivity contribution is 5.85. The Hall–Kier alpha value is -0.0500. The molecule has 0 amide bonds. The van der Waals surface area contributed by atoms with Crippen LogP contribution in [0.2, 0.25) is 0 Å². The fourth-order valence-corrected chi connectivity index (χ4v) is 0.258. The molecule has 0 spiro atoms. The van der Waals surface area contributed by atoms with E-state index in [-0.39, 0.29) is 12.4 Å². The zero-order valence-corrected chi connectivity index (χ0v) is 7.11. The molecule has 0 saturated heterocycles. The van der Waals surface area contributed by atoms with Gasteiger partial charge in [0, 0.05) is 13.7 Å². The second-order valence-electron chi connectivity index (χ2n) is 1.55. The summed E-state index contributed by atoms with van der Waals surface area (Å²) in [6, 6.07) is 0. The highest BCUT2D eigenvalue weighted by atomic mass is 35.5. The Morgan fingerprint density at radius 2 is 1.78 bits per heavy atom. The number of hydrogen-bond acceptors (Lipinski definition) is 2. The third kappa shape index (κ3) is 32.3. The predicted molar refractivity (Wildman–Crippen MR) is 44.1 cm³/mol. The van der Waals surface area contributed by atoms with E-state index in [1.807, 2.05) is 20.2 Å². The van der Waals surface area contributed by atoms with Gasteiger partial charge in [0.2, 0.25) is 0 Å². The van der Waals surface area contributed by atoms with Crippen LogP contribution in [0.3, 0.4) is 0 Å². The molecule has 0 rings (SSSR count). The van der Waals surface area contributed by atoms with Gasteiger partial charge in [-0.15, -0.1) is 19.0 Å². The smallest absolute Gasteiger partial charge is 0.0319 e. The molecule has 9 heavy (non-hydrogen) atoms. The SMILES string of the molecule is C=CCN(C)C.CO.Cl. The number of aliphatic hydroxyl groups excluding tert-OH is 1. The second kappa shape index (κ2) is 15.7. The summed E-state index contributed by atoms with van der Waals surface area (Å²) in [4.78, 5) is 2.06. The van der Waals surface area contributed by atoms with Crippen LogP contribution < -0.4 is 0 Å². The first-order valence-electron chi connectivity index (χ1n) is 2.47. The molecule has 0 aromatic rings. The molecule has 0 aromatic carbocycles. The Morgan fingerprint density at radius 1 is 1.44 bits per heavy atom. The number of likely N-dealkylation sites (N-methyl/N-ethyl adjacent to an activating group) is 1. The molecule has 0 aromatic heterocycles. The summed E-state index contributed by atoms with van der Waals surface area (Å²) < 4.78 is 0. The predicted octanol–water partition coefficient (Wildman–Crippen LogP) is 0.764. The van der Waals surface area contributed by atoms with Crippen molar-refractivity contribution in [3.8, 4) is 0 Å². The van der Waals surface area contributed by atoms with Gasteiger partial charge in [-0.25, -0.2) is 0 Å². The Morgan fingerprint density at radius 3 is 1.78 bits per heavy atom. The lowest BCUT2D eigenvalue weighted by molar-refractivity contribution is 0.399. The first-order valence-corrected chi connectivity index (χ1v) is 2.47. The summed E-state index contributed by atoms with van der Waals surface area (Å²) in [5.74, 6) is 0. The third-order valence-corrected chi connectivity index (χ3v) is 0.494. The molecular weight excluding hydrogens is 138 g/mol. The topological polar surface area (TPSA) is 23.5 Å². The summed E-state index contributed by atoms with van der Waals surface area (Å²) >= 11 is 0. The molecule has 0 fully saturated rings. The van der Waals surface area contributed by atoms with Gasteiger partial charge in [-0.2, -0.15) is 0 Å². The van der Waals surface area contributed by atoms with Gasteiger partial charge in [-0.05, 0) is 14.1 Å². The molecule has 0 aliphatic heterocycles. The minimum atomic E-state index is 0. The van der Waals surface area contributed by atoms with Crippen molar-refractivity contribution in [2.75, 3.05) is 27.7 Å². The number of hydrogen-bond donors (Lipinski definition) is 1. The third-order valence-electron chi connectivity index (χ3n) is 0.494. The highest BCUT2D eigenvalue weighted by Gasteiger charge is 1.75. The summed E-state index contributed by atoms with van der Waals surface area (Å²) in [5.41, 5.74) is 0. The van der Waals surface area contributed by atoms with Crippen LogP contribution in [0.4, 0.5) is 0 Å². The van der Waals surface area contributed by atoms with Crippen molar-refractivity contribution < 1.29 is 5.11 Å². The maximum atomic E-state index is 7.00. The van der Waals surface area contributed by atoms with Crippen LogP contribution in [0.5, 0.6) is 0 Å². The molecule has 58 valence electrons. The van der Waals surface area contributed by atoms with E-state index in [1.165, 1.54) is 0 Å². The largest absolute Gasteiger partial charge is 0.400 e. The van der Waals surface area contributed by atoms with Crippen molar-refractivity contribution in [3.63, 3.8) is 0 Å². The van der Waals surface area contributed by atoms with E-state index in [0.717, 1.165) is 13.7 Å². The molecule has 0 saturated carbocycles. The van der Waals surface area contributed by atoms with E-state index in [2.05, 4.69) is 11.5 Å². The lowest BCUT2D eigenvalue weighted by Gasteiger charge is -2.01. The molecule has 2 nitrogen and oxygen atoms in total. The van der Waals surface area contributed by atoms with Crippen molar-refractivity contribution in [1.82, 2.24) is 4.90 Å². The Kier molecular flexibility index (Phi) is 27.8. The Balaban J connectivity index is -0.000000109. The molecule has 0 aliphatic rings. The summed E-state index contributed by atoms with van der Waals surface area (Å²) in [7, 11) is 5.03. The van der Waals surface area contributed by atoms with E-state index in [0.29, 0.717) is 0 Å². The minimum absolute atomic E-state index is 0. The normalized spacial score (nSPS) is 6.78. The van der Waals surface area contributed by atoms with E-state index < -0.39 is 0 Å². The quantitative estimate of drug-likeness (QED) is 0.593. The Bertz CT molecular complexity index is 48.3. The van der Waals surface area contributed by atoms with Gasteiger partial charge < -0.3 is 10.0 Å². The molecular formula is C6H16ClNO. The molecule has 0 aliphatic carbocycles. The molecule has 1 N–H and O–H groups in total. The highest BCUT2D eigenvalue weighted by Crippen LogP contribution is 1.69. The average Bonchev–Trinajstić information content (AvgIpc) is 1.72. The molecule has 0 atom stereocenters. The number of halogens is 1. The first-order chi connectivity index (χ1) is 3.77. The molecule has 3 heteroatoms. The van der Waals surface area contributed by atoms with Crippen LogP contribution in [-0.2, 0) is 0 Å². The summed E-state index contributed by atoms with van der Waals surface area (Å²) in [6.45, 7) is 4.53. The van der Waals surface area contributed by atoms with Gasteiger partial charge in [-0.1, -0.05) is 6.08 Å². The van der Waals surface area contributed by atoms with Crippen LogP contribution in [-0.4, -0.2) is 37.8 Å². The number of rotatable bonds is 2. The fourth-order valence-electron chi connectivity index (χ4n) is 0.258. The van der Waals surface area contributed by atoms with Gasteiger partial charge in [0.25, 0.3) is 0 Å². The zero-order chi connectivity index (χ0) is 6.99. The number of nitrogens with zero attached hydrogens (tertiary/aromatic N) is 1. The lowest BCUT2D eigenvalue weighted by atomic mass is 10.6. The maximum absolute atomic E-state index is 7.00. The summed E-state index contributed by atoms with van der Waals surface area (Å²) in [5, 5.41) is 7.00. The van der Waals surface area contributed by atoms with Crippen molar-refractivity contribution >= 4 is 12.4 Å². The van der Waals surface area contributed by atoms with Gasteiger partial charge in [0.1, 0.15) is 0 Å². The maximum Gasteiger partial charge on any atom is 0.0319 e. The first kappa shape index (κ1) is 16.0. The average molecular weight is 154 g/mol. The van der Waals surface area contributed by atoms with Gasteiger partial charge >= 0.3 is 0 Å². The van der Waals surface area contributed by atoms with Crippen molar-refractivity contribution in [1.29, 1.82) is 0 Å². The molecule has 0 radical (unpaired) electrons. The van der Waals surface area contributed by atoms with Crippen molar-refractivity contribution in [3.05, 3.63) is 12.7 Å². The zero-order valence-electron chi connectivity index (χ0n) is 6.29. The van der Waals surface area contributed by atoms with Crippen LogP contribution >= 0.6 is 12.4 Å². The van der Waals surface area contributed by atoms with E-state index in [1.54, 1.807) is 0 Å². The van der Waals surface area contributed by atoms with Gasteiger partial charge in [0.05, 0.1) is 0 Å². The molecule has 0 bridgehead atoms. The van der Waals surface area contributed by atoms with Crippen LogP contribution in [0.25, 0.3) is 0 Å². The molecule has 0 unspecified atom stereocenters. The number of aliphatic hydroxyl groups is 1. The van der Waals surface area contributed by atoms with Crippen LogP contribution in [0, 0.1) is 0 Å². The Labute approximate surface area is 63.6 Å². The van der Waals surface area contributed by atoms with Crippen molar-refractivity contribution in [2.45, 2.75) is 0 Å². The van der Waals surface area contributed by atoms with Gasteiger partial charge in [-0.3, -0.25) is 0 Å². The second-order valence-corrected chi connectivity index (χ2v) is 1.55. The van der Waals surface area contributed by atoms with Crippen LogP contribution in [0.15, 0.2) is 12.7 Å².